The smallest absolute Gasteiger partial charge is 0.139 e. The lowest BCUT2D eigenvalue weighted by molar-refractivity contribution is 0.768. The van der Waals surface area contributed by atoms with Crippen LogP contribution < -0.4 is 11.1 Å². The molecule has 0 atom stereocenters. The lowest BCUT2D eigenvalue weighted by atomic mass is 10.3. The van der Waals surface area contributed by atoms with Crippen LogP contribution in [0.2, 0.25) is 0 Å². The van der Waals surface area contributed by atoms with E-state index in [-0.39, 0.29) is 0 Å². The average molecular weight is 232 g/mol. The van der Waals surface area contributed by atoms with E-state index in [0.29, 0.717) is 5.82 Å². The lowest BCUT2D eigenvalue weighted by Crippen LogP contribution is -2.06. The van der Waals surface area contributed by atoms with Crippen LogP contribution in [0.15, 0.2) is 12.4 Å². The Balaban J connectivity index is 2.34. The molecule has 2 aromatic rings. The van der Waals surface area contributed by atoms with Gasteiger partial charge in [-0.1, -0.05) is 6.92 Å². The highest BCUT2D eigenvalue weighted by Gasteiger charge is 2.08. The van der Waals surface area contributed by atoms with E-state index in [1.165, 1.54) is 0 Å². The molecule has 6 nitrogen and oxygen atoms in total. The Hall–Kier alpha value is -2.11. The maximum Gasteiger partial charge on any atom is 0.139 e. The number of nitrogen functional groups attached to an aromatic ring is 1. The normalized spacial score (nSPS) is 10.5. The summed E-state index contributed by atoms with van der Waals surface area (Å²) in [5.74, 6) is 1.99. The van der Waals surface area contributed by atoms with Gasteiger partial charge in [-0.25, -0.2) is 9.97 Å². The van der Waals surface area contributed by atoms with Crippen LogP contribution in [0.3, 0.4) is 0 Å². The molecule has 0 aromatic carbocycles. The van der Waals surface area contributed by atoms with E-state index in [4.69, 9.17) is 5.73 Å². The molecule has 90 valence electrons. The summed E-state index contributed by atoms with van der Waals surface area (Å²) in [6.45, 7) is 3.89. The quantitative estimate of drug-likeness (QED) is 0.836. The zero-order chi connectivity index (χ0) is 12.4. The van der Waals surface area contributed by atoms with Gasteiger partial charge in [0.15, 0.2) is 0 Å². The van der Waals surface area contributed by atoms with E-state index < -0.39 is 0 Å². The van der Waals surface area contributed by atoms with E-state index in [0.717, 1.165) is 29.3 Å². The second kappa shape index (κ2) is 4.40. The Morgan fingerprint density at radius 1 is 1.41 bits per heavy atom. The third-order valence-corrected chi connectivity index (χ3v) is 2.51. The Bertz CT molecular complexity index is 531. The zero-order valence-electron chi connectivity index (χ0n) is 10.2. The van der Waals surface area contributed by atoms with Gasteiger partial charge < -0.3 is 11.1 Å². The van der Waals surface area contributed by atoms with Gasteiger partial charge in [-0.15, -0.1) is 0 Å². The van der Waals surface area contributed by atoms with Gasteiger partial charge in [-0.05, 0) is 6.92 Å². The molecule has 0 aliphatic carbocycles. The molecular formula is C11H16N6. The van der Waals surface area contributed by atoms with Crippen LogP contribution in [0, 0.1) is 6.92 Å². The maximum absolute atomic E-state index is 5.84. The van der Waals surface area contributed by atoms with Gasteiger partial charge in [-0.2, -0.15) is 5.10 Å². The van der Waals surface area contributed by atoms with Gasteiger partial charge in [-0.3, -0.25) is 4.68 Å². The zero-order valence-corrected chi connectivity index (χ0v) is 10.2. The first-order valence-corrected chi connectivity index (χ1v) is 5.48. The molecule has 6 heteroatoms. The van der Waals surface area contributed by atoms with Crippen molar-refractivity contribution in [2.45, 2.75) is 20.3 Å². The summed E-state index contributed by atoms with van der Waals surface area (Å²) in [4.78, 5) is 8.62. The molecule has 0 unspecified atom stereocenters. The van der Waals surface area contributed by atoms with Crippen LogP contribution in [0.1, 0.15) is 18.3 Å². The second-order valence-corrected chi connectivity index (χ2v) is 3.88. The molecule has 0 fully saturated rings. The fraction of sp³-hybridized carbons (Fsp3) is 0.364. The van der Waals surface area contributed by atoms with Crippen molar-refractivity contribution in [3.05, 3.63) is 23.8 Å². The molecule has 0 bridgehead atoms. The van der Waals surface area contributed by atoms with Crippen LogP contribution in [-0.4, -0.2) is 19.7 Å². The van der Waals surface area contributed by atoms with Crippen LogP contribution in [0.25, 0.3) is 0 Å². The number of hydrogen-bond donors (Lipinski definition) is 2. The van der Waals surface area contributed by atoms with Gasteiger partial charge in [0.05, 0.1) is 11.9 Å². The number of anilines is 3. The number of rotatable bonds is 3. The minimum atomic E-state index is 0.517. The summed E-state index contributed by atoms with van der Waals surface area (Å²) in [7, 11) is 1.86. The van der Waals surface area contributed by atoms with Crippen molar-refractivity contribution >= 4 is 17.3 Å². The molecule has 0 aliphatic rings. The molecule has 0 saturated heterocycles. The van der Waals surface area contributed by atoms with Gasteiger partial charge in [0.2, 0.25) is 0 Å². The Labute approximate surface area is 99.9 Å². The van der Waals surface area contributed by atoms with Crippen LogP contribution in [0.4, 0.5) is 17.3 Å². The first-order chi connectivity index (χ1) is 8.10. The predicted octanol–water partition coefficient (Wildman–Crippen LogP) is 1.41. The highest BCUT2D eigenvalue weighted by molar-refractivity contribution is 5.62. The fourth-order valence-corrected chi connectivity index (χ4v) is 1.48. The van der Waals surface area contributed by atoms with Crippen molar-refractivity contribution in [1.29, 1.82) is 0 Å². The molecule has 0 spiro atoms. The lowest BCUT2D eigenvalue weighted by Gasteiger charge is -2.09. The van der Waals surface area contributed by atoms with Gasteiger partial charge in [0.1, 0.15) is 17.5 Å². The van der Waals surface area contributed by atoms with Crippen molar-refractivity contribution in [3.8, 4) is 0 Å². The van der Waals surface area contributed by atoms with Gasteiger partial charge >= 0.3 is 0 Å². The van der Waals surface area contributed by atoms with Crippen LogP contribution in [0.5, 0.6) is 0 Å². The molecule has 0 aliphatic heterocycles. The Morgan fingerprint density at radius 2 is 2.18 bits per heavy atom. The van der Waals surface area contributed by atoms with E-state index >= 15 is 0 Å². The van der Waals surface area contributed by atoms with E-state index in [9.17, 15) is 0 Å². The summed E-state index contributed by atoms with van der Waals surface area (Å²) in [6, 6.07) is 0. The molecule has 3 N–H and O–H groups in total. The first-order valence-electron chi connectivity index (χ1n) is 5.48. The molecule has 17 heavy (non-hydrogen) atoms. The molecule has 2 rings (SSSR count). The standard InChI is InChI=1S/C11H16N6/c1-4-9-15-10(12)7(2)11(16-9)14-8-5-13-17(3)6-8/h5-6H,4H2,1-3H3,(H3,12,14,15,16). The van der Waals surface area contributed by atoms with Crippen molar-refractivity contribution in [1.82, 2.24) is 19.7 Å². The fourth-order valence-electron chi connectivity index (χ4n) is 1.48. The number of nitrogens with two attached hydrogens (primary N) is 1. The van der Waals surface area contributed by atoms with Gasteiger partial charge in [0.25, 0.3) is 0 Å². The number of hydrogen-bond acceptors (Lipinski definition) is 5. The largest absolute Gasteiger partial charge is 0.383 e. The summed E-state index contributed by atoms with van der Waals surface area (Å²) in [5, 5.41) is 7.28. The predicted molar refractivity (Wildman–Crippen MR) is 67.1 cm³/mol. The highest BCUT2D eigenvalue weighted by Crippen LogP contribution is 2.21. The van der Waals surface area contributed by atoms with E-state index in [2.05, 4.69) is 20.4 Å². The SMILES string of the molecule is CCc1nc(N)c(C)c(Nc2cnn(C)c2)n1. The topological polar surface area (TPSA) is 81.6 Å². The summed E-state index contributed by atoms with van der Waals surface area (Å²) >= 11 is 0. The maximum atomic E-state index is 5.84. The summed E-state index contributed by atoms with van der Waals surface area (Å²) in [5.41, 5.74) is 7.58. The van der Waals surface area contributed by atoms with Crippen LogP contribution in [-0.2, 0) is 13.5 Å². The van der Waals surface area contributed by atoms with Crippen molar-refractivity contribution in [3.63, 3.8) is 0 Å². The summed E-state index contributed by atoms with van der Waals surface area (Å²) in [6.07, 6.45) is 4.37. The molecule has 2 aromatic heterocycles. The highest BCUT2D eigenvalue weighted by atomic mass is 15.3. The summed E-state index contributed by atoms with van der Waals surface area (Å²) < 4.78 is 1.73. The minimum Gasteiger partial charge on any atom is -0.383 e. The van der Waals surface area contributed by atoms with E-state index in [1.54, 1.807) is 10.9 Å². The molecular weight excluding hydrogens is 216 g/mol. The van der Waals surface area contributed by atoms with Crippen molar-refractivity contribution in [2.75, 3.05) is 11.1 Å². The second-order valence-electron chi connectivity index (χ2n) is 3.88. The Kier molecular flexibility index (Phi) is 2.95. The molecule has 0 radical (unpaired) electrons. The minimum absolute atomic E-state index is 0.517. The van der Waals surface area contributed by atoms with Crippen molar-refractivity contribution < 1.29 is 0 Å². The first kappa shape index (κ1) is 11.4. The van der Waals surface area contributed by atoms with Crippen LogP contribution >= 0.6 is 0 Å². The average Bonchev–Trinajstić information content (AvgIpc) is 2.70. The number of aromatic nitrogens is 4. The number of aryl methyl sites for hydroxylation is 2. The molecule has 0 saturated carbocycles. The number of nitrogens with one attached hydrogen (secondary N) is 1. The van der Waals surface area contributed by atoms with E-state index in [1.807, 2.05) is 27.1 Å². The monoisotopic (exact) mass is 232 g/mol. The van der Waals surface area contributed by atoms with Crippen molar-refractivity contribution in [2.24, 2.45) is 7.05 Å². The third kappa shape index (κ3) is 2.35. The molecule has 2 heterocycles. The molecule has 0 amide bonds. The van der Waals surface area contributed by atoms with Gasteiger partial charge in [0, 0.05) is 25.2 Å². The number of nitrogens with zero attached hydrogens (tertiary/aromatic N) is 4. The third-order valence-electron chi connectivity index (χ3n) is 2.51. The Morgan fingerprint density at radius 3 is 2.76 bits per heavy atom.